The second kappa shape index (κ2) is 8.72. The number of rotatable bonds is 9. The molecule has 0 saturated heterocycles. The summed E-state index contributed by atoms with van der Waals surface area (Å²) in [7, 11) is 0. The first kappa shape index (κ1) is 16.7. The van der Waals surface area contributed by atoms with Gasteiger partial charge in [-0.15, -0.1) is 5.10 Å². The van der Waals surface area contributed by atoms with Crippen LogP contribution in [0.3, 0.4) is 0 Å². The van der Waals surface area contributed by atoms with Gasteiger partial charge in [0.1, 0.15) is 0 Å². The Morgan fingerprint density at radius 3 is 2.45 bits per heavy atom. The van der Waals surface area contributed by atoms with Gasteiger partial charge in [0.25, 0.3) is 0 Å². The second-order valence-corrected chi connectivity index (χ2v) is 6.56. The maximum Gasteiger partial charge on any atom is 0.0831 e. The van der Waals surface area contributed by atoms with Gasteiger partial charge < -0.3 is 0 Å². The number of benzene rings is 1. The van der Waals surface area contributed by atoms with Crippen LogP contribution in [0.2, 0.25) is 0 Å². The molecule has 22 heavy (non-hydrogen) atoms. The Bertz CT molecular complexity index is 540. The van der Waals surface area contributed by atoms with E-state index in [0.717, 1.165) is 23.7 Å². The molecule has 1 aromatic heterocycles. The first-order chi connectivity index (χ1) is 10.7. The van der Waals surface area contributed by atoms with Crippen molar-refractivity contribution >= 4 is 0 Å². The minimum absolute atomic E-state index is 0.816. The number of unbranched alkanes of at least 4 members (excludes halogenated alkanes) is 2. The van der Waals surface area contributed by atoms with Crippen molar-refractivity contribution < 1.29 is 0 Å². The molecule has 1 heterocycles. The van der Waals surface area contributed by atoms with Gasteiger partial charge in [0.15, 0.2) is 0 Å². The summed E-state index contributed by atoms with van der Waals surface area (Å²) < 4.78 is 1.88. The predicted octanol–water partition coefficient (Wildman–Crippen LogP) is 4.98. The third-order valence-electron chi connectivity index (χ3n) is 4.03. The maximum absolute atomic E-state index is 4.24. The van der Waals surface area contributed by atoms with Crippen molar-refractivity contribution in [3.63, 3.8) is 0 Å². The number of aromatic nitrogens is 3. The Morgan fingerprint density at radius 2 is 1.77 bits per heavy atom. The van der Waals surface area contributed by atoms with E-state index in [9.17, 15) is 0 Å². The van der Waals surface area contributed by atoms with E-state index in [1.807, 2.05) is 10.9 Å². The molecule has 0 radical (unpaired) electrons. The van der Waals surface area contributed by atoms with Crippen LogP contribution in [-0.4, -0.2) is 15.0 Å². The summed E-state index contributed by atoms with van der Waals surface area (Å²) in [6.45, 7) is 6.79. The molecule has 0 aliphatic rings. The molecule has 0 bridgehead atoms. The molecule has 0 saturated carbocycles. The molecule has 3 nitrogen and oxygen atoms in total. The zero-order valence-corrected chi connectivity index (χ0v) is 14.3. The van der Waals surface area contributed by atoms with Gasteiger partial charge in [0, 0.05) is 0 Å². The van der Waals surface area contributed by atoms with Crippen LogP contribution in [0.4, 0.5) is 0 Å². The smallest absolute Gasteiger partial charge is 0.0831 e. The van der Waals surface area contributed by atoms with Gasteiger partial charge in [-0.3, -0.25) is 0 Å². The van der Waals surface area contributed by atoms with Crippen LogP contribution in [0, 0.1) is 5.92 Å². The van der Waals surface area contributed by atoms with Crippen molar-refractivity contribution in [2.45, 2.75) is 65.7 Å². The summed E-state index contributed by atoms with van der Waals surface area (Å²) in [5.41, 5.74) is 3.60. The van der Waals surface area contributed by atoms with Gasteiger partial charge in [-0.05, 0) is 49.3 Å². The highest BCUT2D eigenvalue weighted by Gasteiger charge is 2.03. The summed E-state index contributed by atoms with van der Waals surface area (Å²) in [4.78, 5) is 0. The lowest BCUT2D eigenvalue weighted by molar-refractivity contribution is 0.538. The minimum atomic E-state index is 0.816. The predicted molar refractivity (Wildman–Crippen MR) is 92.4 cm³/mol. The van der Waals surface area contributed by atoms with Gasteiger partial charge in [-0.25, -0.2) is 4.68 Å². The zero-order valence-electron chi connectivity index (χ0n) is 14.3. The molecule has 0 aliphatic carbocycles. The molecule has 1 aromatic carbocycles. The molecule has 0 unspecified atom stereocenters. The number of hydrogen-bond acceptors (Lipinski definition) is 2. The lowest BCUT2D eigenvalue weighted by Gasteiger charge is -2.05. The molecule has 3 heteroatoms. The monoisotopic (exact) mass is 299 g/mol. The topological polar surface area (TPSA) is 30.7 Å². The quantitative estimate of drug-likeness (QED) is 0.611. The lowest BCUT2D eigenvalue weighted by atomic mass is 10.0. The van der Waals surface area contributed by atoms with Crippen LogP contribution >= 0.6 is 0 Å². The fourth-order valence-electron chi connectivity index (χ4n) is 2.59. The molecular weight excluding hydrogens is 270 g/mol. The van der Waals surface area contributed by atoms with E-state index in [1.54, 1.807) is 0 Å². The lowest BCUT2D eigenvalue weighted by Crippen LogP contribution is -1.95. The van der Waals surface area contributed by atoms with Crippen LogP contribution in [0.1, 0.15) is 64.1 Å². The fourth-order valence-corrected chi connectivity index (χ4v) is 2.59. The molecule has 0 spiro atoms. The van der Waals surface area contributed by atoms with Crippen molar-refractivity contribution in [2.24, 2.45) is 5.92 Å². The summed E-state index contributed by atoms with van der Waals surface area (Å²) in [6, 6.07) is 8.74. The second-order valence-electron chi connectivity index (χ2n) is 6.56. The summed E-state index contributed by atoms with van der Waals surface area (Å²) in [5.74, 6) is 0.816. The Kier molecular flexibility index (Phi) is 6.63. The normalized spacial score (nSPS) is 11.3. The molecule has 0 atom stereocenters. The van der Waals surface area contributed by atoms with E-state index < -0.39 is 0 Å². The molecule has 0 fully saturated rings. The SMILES string of the molecule is CCCCc1cn(-c2ccc(CCCCC(C)C)cc2)nn1. The van der Waals surface area contributed by atoms with E-state index in [4.69, 9.17) is 0 Å². The van der Waals surface area contributed by atoms with Crippen molar-refractivity contribution in [2.75, 3.05) is 0 Å². The van der Waals surface area contributed by atoms with Crippen molar-refractivity contribution in [1.82, 2.24) is 15.0 Å². The van der Waals surface area contributed by atoms with Crippen LogP contribution in [0.15, 0.2) is 30.5 Å². The van der Waals surface area contributed by atoms with E-state index in [1.165, 1.54) is 44.1 Å². The average molecular weight is 299 g/mol. The van der Waals surface area contributed by atoms with Crippen molar-refractivity contribution in [3.05, 3.63) is 41.7 Å². The van der Waals surface area contributed by atoms with E-state index in [-0.39, 0.29) is 0 Å². The van der Waals surface area contributed by atoms with Crippen LogP contribution < -0.4 is 0 Å². The Morgan fingerprint density at radius 1 is 1.00 bits per heavy atom. The summed E-state index contributed by atoms with van der Waals surface area (Å²) in [5, 5.41) is 8.47. The Balaban J connectivity index is 1.87. The third-order valence-corrected chi connectivity index (χ3v) is 4.03. The minimum Gasteiger partial charge on any atom is -0.220 e. The van der Waals surface area contributed by atoms with Gasteiger partial charge in [-0.2, -0.15) is 0 Å². The van der Waals surface area contributed by atoms with Gasteiger partial charge in [0.2, 0.25) is 0 Å². The Hall–Kier alpha value is -1.64. The van der Waals surface area contributed by atoms with E-state index in [0.29, 0.717) is 0 Å². The van der Waals surface area contributed by atoms with Crippen LogP contribution in [0.25, 0.3) is 5.69 Å². The first-order valence-corrected chi connectivity index (χ1v) is 8.69. The molecule has 2 aromatic rings. The molecule has 2 rings (SSSR count). The van der Waals surface area contributed by atoms with Gasteiger partial charge in [-0.1, -0.05) is 57.4 Å². The van der Waals surface area contributed by atoms with E-state index >= 15 is 0 Å². The molecule has 0 aliphatic heterocycles. The largest absolute Gasteiger partial charge is 0.220 e. The highest BCUT2D eigenvalue weighted by atomic mass is 15.4. The maximum atomic E-state index is 4.24. The number of hydrogen-bond donors (Lipinski definition) is 0. The van der Waals surface area contributed by atoms with Gasteiger partial charge >= 0.3 is 0 Å². The van der Waals surface area contributed by atoms with Crippen molar-refractivity contribution in [3.8, 4) is 5.69 Å². The molecule has 120 valence electrons. The Labute approximate surface area is 134 Å². The van der Waals surface area contributed by atoms with Crippen LogP contribution in [-0.2, 0) is 12.8 Å². The third kappa shape index (κ3) is 5.28. The number of aryl methyl sites for hydroxylation is 2. The highest BCUT2D eigenvalue weighted by molar-refractivity contribution is 5.33. The van der Waals surface area contributed by atoms with E-state index in [2.05, 4.69) is 55.3 Å². The zero-order chi connectivity index (χ0) is 15.8. The first-order valence-electron chi connectivity index (χ1n) is 8.69. The molecule has 0 amide bonds. The summed E-state index contributed by atoms with van der Waals surface area (Å²) in [6.07, 6.45) is 10.5. The highest BCUT2D eigenvalue weighted by Crippen LogP contribution is 2.14. The standard InChI is InChI=1S/C19H29N3/c1-4-5-10-18-15-22(21-20-18)19-13-11-17(12-14-19)9-7-6-8-16(2)3/h11-16H,4-10H2,1-3H3. The van der Waals surface area contributed by atoms with Crippen molar-refractivity contribution in [1.29, 1.82) is 0 Å². The van der Waals surface area contributed by atoms with Gasteiger partial charge in [0.05, 0.1) is 17.6 Å². The average Bonchev–Trinajstić information content (AvgIpc) is 2.99. The summed E-state index contributed by atoms with van der Waals surface area (Å²) >= 11 is 0. The molecule has 0 N–H and O–H groups in total. The molecular formula is C19H29N3. The van der Waals surface area contributed by atoms with Crippen LogP contribution in [0.5, 0.6) is 0 Å². The fraction of sp³-hybridized carbons (Fsp3) is 0.579. The number of nitrogens with zero attached hydrogens (tertiary/aromatic N) is 3.